The van der Waals surface area contributed by atoms with Gasteiger partial charge in [-0.2, -0.15) is 0 Å². The van der Waals surface area contributed by atoms with Crippen molar-refractivity contribution in [2.45, 2.75) is 17.1 Å². The number of aryl methyl sites for hydroxylation is 1. The van der Waals surface area contributed by atoms with Crippen molar-refractivity contribution in [3.05, 3.63) is 34.1 Å². The highest BCUT2D eigenvalue weighted by molar-refractivity contribution is 14.1. The molecule has 76 valence electrons. The Morgan fingerprint density at radius 3 is 2.53 bits per heavy atom. The van der Waals surface area contributed by atoms with Crippen LogP contribution in [0.3, 0.4) is 0 Å². The number of halogens is 1. The van der Waals surface area contributed by atoms with E-state index in [2.05, 4.69) is 42.5 Å². The Kier molecular flexibility index (Phi) is 3.47. The van der Waals surface area contributed by atoms with Crippen LogP contribution in [0.25, 0.3) is 0 Å². The topological polar surface area (TPSA) is 51.6 Å². The molecule has 2 aromatic rings. The highest BCUT2D eigenvalue weighted by atomic mass is 127. The molecule has 4 nitrogen and oxygen atoms in total. The van der Waals surface area contributed by atoms with Gasteiger partial charge in [0.15, 0.2) is 5.16 Å². The average molecular weight is 330 g/mol. The summed E-state index contributed by atoms with van der Waals surface area (Å²) >= 11 is 3.63. The summed E-state index contributed by atoms with van der Waals surface area (Å²) in [5.74, 6) is 0. The smallest absolute Gasteiger partial charge is 0.193 e. The van der Waals surface area contributed by atoms with Crippen LogP contribution in [-0.4, -0.2) is 19.9 Å². The summed E-state index contributed by atoms with van der Waals surface area (Å²) in [6.07, 6.45) is 6.88. The van der Waals surface area contributed by atoms with E-state index in [1.165, 1.54) is 18.1 Å². The van der Waals surface area contributed by atoms with Crippen LogP contribution in [0.2, 0.25) is 0 Å². The minimum atomic E-state index is 0.706. The zero-order valence-electron chi connectivity index (χ0n) is 7.88. The van der Waals surface area contributed by atoms with Gasteiger partial charge in [-0.3, -0.25) is 0 Å². The molecule has 15 heavy (non-hydrogen) atoms. The second kappa shape index (κ2) is 4.84. The first-order valence-corrected chi connectivity index (χ1v) is 6.07. The molecule has 2 rings (SSSR count). The van der Waals surface area contributed by atoms with Crippen molar-refractivity contribution in [1.82, 2.24) is 19.9 Å². The monoisotopic (exact) mass is 330 g/mol. The molecule has 6 heteroatoms. The largest absolute Gasteiger partial charge is 0.244 e. The normalized spacial score (nSPS) is 10.3. The van der Waals surface area contributed by atoms with Crippen LogP contribution in [0, 0.1) is 10.5 Å². The first-order valence-electron chi connectivity index (χ1n) is 4.18. The molecular formula is C9H7IN4S. The fourth-order valence-corrected chi connectivity index (χ4v) is 2.16. The number of aromatic nitrogens is 4. The van der Waals surface area contributed by atoms with Crippen molar-refractivity contribution in [3.8, 4) is 0 Å². The summed E-state index contributed by atoms with van der Waals surface area (Å²) in [6.45, 7) is 1.96. The van der Waals surface area contributed by atoms with Gasteiger partial charge in [0.1, 0.15) is 11.4 Å². The van der Waals surface area contributed by atoms with Gasteiger partial charge in [-0.15, -0.1) is 0 Å². The maximum absolute atomic E-state index is 4.20. The first kappa shape index (κ1) is 10.7. The highest BCUT2D eigenvalue weighted by Gasteiger charge is 2.05. The van der Waals surface area contributed by atoms with Gasteiger partial charge < -0.3 is 0 Å². The summed E-state index contributed by atoms with van der Waals surface area (Å²) in [4.78, 5) is 16.5. The Morgan fingerprint density at radius 2 is 1.87 bits per heavy atom. The van der Waals surface area contributed by atoms with Crippen LogP contribution in [0.1, 0.15) is 5.56 Å². The number of hydrogen-bond acceptors (Lipinski definition) is 5. The molecule has 0 fully saturated rings. The van der Waals surface area contributed by atoms with Crippen molar-refractivity contribution >= 4 is 34.4 Å². The van der Waals surface area contributed by atoms with Gasteiger partial charge in [-0.1, -0.05) is 0 Å². The van der Waals surface area contributed by atoms with Crippen molar-refractivity contribution in [3.63, 3.8) is 0 Å². The van der Waals surface area contributed by atoms with Crippen LogP contribution in [0.4, 0.5) is 0 Å². The molecule has 2 aromatic heterocycles. The van der Waals surface area contributed by atoms with Gasteiger partial charge >= 0.3 is 0 Å². The van der Waals surface area contributed by atoms with E-state index in [9.17, 15) is 0 Å². The molecule has 0 aliphatic rings. The molecule has 0 radical (unpaired) electrons. The Hall–Kier alpha value is -0.760. The van der Waals surface area contributed by atoms with Crippen molar-refractivity contribution in [2.75, 3.05) is 0 Å². The number of nitrogens with zero attached hydrogens (tertiary/aromatic N) is 4. The van der Waals surface area contributed by atoms with Crippen LogP contribution in [0.15, 0.2) is 35.1 Å². The van der Waals surface area contributed by atoms with E-state index in [0.717, 1.165) is 14.2 Å². The Bertz CT molecular complexity index is 460. The van der Waals surface area contributed by atoms with Crippen LogP contribution < -0.4 is 0 Å². The van der Waals surface area contributed by atoms with Gasteiger partial charge in [0, 0.05) is 18.6 Å². The fourth-order valence-electron chi connectivity index (χ4n) is 0.896. The van der Waals surface area contributed by atoms with Crippen LogP contribution >= 0.6 is 34.4 Å². The van der Waals surface area contributed by atoms with Gasteiger partial charge in [-0.25, -0.2) is 19.9 Å². The van der Waals surface area contributed by atoms with E-state index in [1.807, 2.05) is 6.92 Å². The first-order chi connectivity index (χ1) is 7.25. The molecular weight excluding hydrogens is 323 g/mol. The molecule has 0 saturated heterocycles. The molecule has 0 aliphatic heterocycles. The summed E-state index contributed by atoms with van der Waals surface area (Å²) in [5.41, 5.74) is 1.05. The quantitative estimate of drug-likeness (QED) is 0.481. The third-order valence-electron chi connectivity index (χ3n) is 1.58. The highest BCUT2D eigenvalue weighted by Crippen LogP contribution is 2.25. The SMILES string of the molecule is Cc1cnc(Sc2ncncc2I)nc1. The van der Waals surface area contributed by atoms with E-state index < -0.39 is 0 Å². The maximum Gasteiger partial charge on any atom is 0.193 e. The number of rotatable bonds is 2. The summed E-state index contributed by atoms with van der Waals surface area (Å²) in [5, 5.41) is 1.59. The van der Waals surface area contributed by atoms with Crippen molar-refractivity contribution < 1.29 is 0 Å². The minimum Gasteiger partial charge on any atom is -0.244 e. The fraction of sp³-hybridized carbons (Fsp3) is 0.111. The predicted octanol–water partition coefficient (Wildman–Crippen LogP) is 2.33. The second-order valence-electron chi connectivity index (χ2n) is 2.82. The third-order valence-corrected chi connectivity index (χ3v) is 3.65. The summed E-state index contributed by atoms with van der Waals surface area (Å²) < 4.78 is 1.00. The van der Waals surface area contributed by atoms with Gasteiger partial charge in [0.25, 0.3) is 0 Å². The maximum atomic E-state index is 4.20. The molecule has 2 heterocycles. The molecule has 0 aliphatic carbocycles. The molecule has 0 bridgehead atoms. The zero-order chi connectivity index (χ0) is 10.7. The Labute approximate surface area is 105 Å². The average Bonchev–Trinajstić information content (AvgIpc) is 2.25. The lowest BCUT2D eigenvalue weighted by atomic mass is 10.4. The van der Waals surface area contributed by atoms with Crippen molar-refractivity contribution in [1.29, 1.82) is 0 Å². The third kappa shape index (κ3) is 2.85. The molecule has 0 spiro atoms. The van der Waals surface area contributed by atoms with Gasteiger partial charge in [-0.05, 0) is 46.8 Å². The Balaban J connectivity index is 2.22. The number of hydrogen-bond donors (Lipinski definition) is 0. The summed E-state index contributed by atoms with van der Waals surface area (Å²) in [6, 6.07) is 0. The second-order valence-corrected chi connectivity index (χ2v) is 4.94. The van der Waals surface area contributed by atoms with Gasteiger partial charge in [0.2, 0.25) is 0 Å². The lowest BCUT2D eigenvalue weighted by Gasteiger charge is -2.00. The predicted molar refractivity (Wildman–Crippen MR) is 65.6 cm³/mol. The van der Waals surface area contributed by atoms with Crippen LogP contribution in [-0.2, 0) is 0 Å². The van der Waals surface area contributed by atoms with E-state index in [-0.39, 0.29) is 0 Å². The molecule has 0 unspecified atom stereocenters. The standard InChI is InChI=1S/C9H7IN4S/c1-6-2-12-9(13-3-6)15-8-7(10)4-11-5-14-8/h2-5H,1H3. The molecule has 0 amide bonds. The lowest BCUT2D eigenvalue weighted by molar-refractivity contribution is 0.937. The van der Waals surface area contributed by atoms with E-state index in [0.29, 0.717) is 5.16 Å². The summed E-state index contributed by atoms with van der Waals surface area (Å²) in [7, 11) is 0. The molecule has 0 aromatic carbocycles. The zero-order valence-corrected chi connectivity index (χ0v) is 10.9. The molecule has 0 saturated carbocycles. The van der Waals surface area contributed by atoms with Gasteiger partial charge in [0.05, 0.1) is 3.57 Å². The van der Waals surface area contributed by atoms with Crippen molar-refractivity contribution in [2.24, 2.45) is 0 Å². The van der Waals surface area contributed by atoms with E-state index in [4.69, 9.17) is 0 Å². The van der Waals surface area contributed by atoms with E-state index >= 15 is 0 Å². The molecule has 0 N–H and O–H groups in total. The lowest BCUT2D eigenvalue weighted by Crippen LogP contribution is -1.90. The minimum absolute atomic E-state index is 0.706. The Morgan fingerprint density at radius 1 is 1.13 bits per heavy atom. The van der Waals surface area contributed by atoms with Crippen LogP contribution in [0.5, 0.6) is 0 Å². The van der Waals surface area contributed by atoms with E-state index in [1.54, 1.807) is 18.6 Å². The molecule has 0 atom stereocenters.